The predicted octanol–water partition coefficient (Wildman–Crippen LogP) is -0.348. The Balaban J connectivity index is 2.91. The monoisotopic (exact) mass is 132 g/mol. The summed E-state index contributed by atoms with van der Waals surface area (Å²) in [6.07, 6.45) is 0.571. The fraction of sp³-hybridized carbons (Fsp3) is 1.00. The number of nitrogens with one attached hydrogen (secondary N) is 1. The molecule has 4 N–H and O–H groups in total. The first kappa shape index (κ1) is 8.88. The van der Waals surface area contributed by atoms with Gasteiger partial charge in [-0.3, -0.25) is 0 Å². The fourth-order valence-corrected chi connectivity index (χ4v) is 0.520. The Morgan fingerprint density at radius 3 is 2.44 bits per heavy atom. The second-order valence-electron chi connectivity index (χ2n) is 2.38. The molecule has 0 bridgehead atoms. The summed E-state index contributed by atoms with van der Waals surface area (Å²) in [6, 6.07) is 0. The molecule has 0 aliphatic rings. The molecule has 0 aliphatic heterocycles. The van der Waals surface area contributed by atoms with Crippen LogP contribution in [-0.4, -0.2) is 23.9 Å². The Kier molecular flexibility index (Phi) is 4.67. The Hall–Kier alpha value is -0.120. The van der Waals surface area contributed by atoms with E-state index in [1.54, 1.807) is 6.92 Å². The summed E-state index contributed by atoms with van der Waals surface area (Å²) in [6.45, 7) is 4.43. The summed E-state index contributed by atoms with van der Waals surface area (Å²) >= 11 is 0. The lowest BCUT2D eigenvalue weighted by Gasteiger charge is -2.08. The lowest BCUT2D eigenvalue weighted by Crippen LogP contribution is -2.35. The van der Waals surface area contributed by atoms with Gasteiger partial charge in [-0.15, -0.1) is 0 Å². The maximum Gasteiger partial charge on any atom is 0.0524 e. The molecule has 0 fully saturated rings. The molecule has 3 nitrogen and oxygen atoms in total. The second-order valence-corrected chi connectivity index (χ2v) is 2.38. The zero-order valence-corrected chi connectivity index (χ0v) is 6.09. The average Bonchev–Trinajstić information content (AvgIpc) is 1.63. The van der Waals surface area contributed by atoms with E-state index in [-0.39, 0.29) is 12.3 Å². The van der Waals surface area contributed by atoms with E-state index >= 15 is 0 Å². The van der Waals surface area contributed by atoms with E-state index in [9.17, 15) is 0 Å². The Morgan fingerprint density at radius 2 is 2.11 bits per heavy atom. The summed E-state index contributed by atoms with van der Waals surface area (Å²) in [4.78, 5) is 0. The van der Waals surface area contributed by atoms with Crippen LogP contribution < -0.4 is 11.1 Å². The molecular formula is C6H16N2O. The summed E-state index contributed by atoms with van der Waals surface area (Å²) in [5.74, 6) is 0. The third-order valence-corrected chi connectivity index (χ3v) is 1.03. The fourth-order valence-electron chi connectivity index (χ4n) is 0.520. The second kappa shape index (κ2) is 4.73. The molecule has 0 spiro atoms. The molecule has 2 unspecified atom stereocenters. The van der Waals surface area contributed by atoms with E-state index in [4.69, 9.17) is 10.8 Å². The lowest BCUT2D eigenvalue weighted by molar-refractivity contribution is 0.182. The molecule has 2 atom stereocenters. The Labute approximate surface area is 56.2 Å². The summed E-state index contributed by atoms with van der Waals surface area (Å²) in [5.41, 5.74) is 5.39. The van der Waals surface area contributed by atoms with Gasteiger partial charge in [0.15, 0.2) is 0 Å². The van der Waals surface area contributed by atoms with Crippen LogP contribution in [0, 0.1) is 0 Å². The normalized spacial score (nSPS) is 17.3. The third-order valence-electron chi connectivity index (χ3n) is 1.03. The molecule has 9 heavy (non-hydrogen) atoms. The van der Waals surface area contributed by atoms with E-state index in [1.165, 1.54) is 0 Å². The number of aliphatic hydroxyl groups is 1. The number of rotatable bonds is 4. The Bertz CT molecular complexity index is 56.1. The van der Waals surface area contributed by atoms with Gasteiger partial charge in [0.2, 0.25) is 0 Å². The van der Waals surface area contributed by atoms with E-state index in [1.807, 2.05) is 6.92 Å². The smallest absolute Gasteiger partial charge is 0.0524 e. The van der Waals surface area contributed by atoms with Crippen LogP contribution in [-0.2, 0) is 0 Å². The zero-order valence-electron chi connectivity index (χ0n) is 6.09. The number of hydrogen-bond acceptors (Lipinski definition) is 3. The standard InChI is InChI=1S/C6H16N2O/c1-5(9)3-4-8-6(2)7/h5-6,8-9H,3-4,7H2,1-2H3. The Morgan fingerprint density at radius 1 is 1.56 bits per heavy atom. The molecule has 0 amide bonds. The van der Waals surface area contributed by atoms with Crippen molar-refractivity contribution in [2.75, 3.05) is 6.54 Å². The van der Waals surface area contributed by atoms with Gasteiger partial charge in [0.05, 0.1) is 12.3 Å². The molecule has 0 aromatic rings. The van der Waals surface area contributed by atoms with Crippen molar-refractivity contribution in [3.8, 4) is 0 Å². The minimum atomic E-state index is -0.226. The molecule has 0 aromatic heterocycles. The van der Waals surface area contributed by atoms with Crippen LogP contribution in [0.1, 0.15) is 20.3 Å². The molecule has 0 saturated heterocycles. The topological polar surface area (TPSA) is 58.3 Å². The summed E-state index contributed by atoms with van der Waals surface area (Å²) in [5, 5.41) is 11.8. The highest BCUT2D eigenvalue weighted by Gasteiger charge is 1.95. The van der Waals surface area contributed by atoms with Crippen LogP contribution in [0.15, 0.2) is 0 Å². The van der Waals surface area contributed by atoms with Crippen molar-refractivity contribution >= 4 is 0 Å². The minimum absolute atomic E-state index is 0.0312. The van der Waals surface area contributed by atoms with Crippen molar-refractivity contribution in [1.29, 1.82) is 0 Å². The maximum absolute atomic E-state index is 8.78. The quantitative estimate of drug-likeness (QED) is 0.458. The van der Waals surface area contributed by atoms with Crippen molar-refractivity contribution in [2.24, 2.45) is 5.73 Å². The predicted molar refractivity (Wildman–Crippen MR) is 37.9 cm³/mol. The van der Waals surface area contributed by atoms with Crippen molar-refractivity contribution in [3.63, 3.8) is 0 Å². The molecule has 56 valence electrons. The first-order valence-corrected chi connectivity index (χ1v) is 3.30. The molecule has 0 aromatic carbocycles. The highest BCUT2D eigenvalue weighted by molar-refractivity contribution is 4.53. The van der Waals surface area contributed by atoms with Crippen LogP contribution >= 0.6 is 0 Å². The van der Waals surface area contributed by atoms with Crippen molar-refractivity contribution in [3.05, 3.63) is 0 Å². The molecule has 0 radical (unpaired) electrons. The first-order chi connectivity index (χ1) is 4.13. The van der Waals surface area contributed by atoms with Gasteiger partial charge < -0.3 is 16.2 Å². The lowest BCUT2D eigenvalue weighted by atomic mass is 10.3. The first-order valence-electron chi connectivity index (χ1n) is 3.30. The average molecular weight is 132 g/mol. The number of aliphatic hydroxyl groups excluding tert-OH is 1. The molecule has 0 saturated carbocycles. The maximum atomic E-state index is 8.78. The van der Waals surface area contributed by atoms with E-state index in [0.29, 0.717) is 0 Å². The van der Waals surface area contributed by atoms with Gasteiger partial charge in [0, 0.05) is 0 Å². The van der Waals surface area contributed by atoms with Crippen LogP contribution in [0.4, 0.5) is 0 Å². The summed E-state index contributed by atoms with van der Waals surface area (Å²) < 4.78 is 0. The van der Waals surface area contributed by atoms with Gasteiger partial charge >= 0.3 is 0 Å². The van der Waals surface area contributed by atoms with Gasteiger partial charge in [-0.05, 0) is 26.8 Å². The SMILES string of the molecule is CC(O)CCNC(C)N. The van der Waals surface area contributed by atoms with Crippen molar-refractivity contribution in [1.82, 2.24) is 5.32 Å². The summed E-state index contributed by atoms with van der Waals surface area (Å²) in [7, 11) is 0. The van der Waals surface area contributed by atoms with Crippen molar-refractivity contribution in [2.45, 2.75) is 32.5 Å². The van der Waals surface area contributed by atoms with E-state index < -0.39 is 0 Å². The molecule has 0 rings (SSSR count). The number of hydrogen-bond donors (Lipinski definition) is 3. The molecular weight excluding hydrogens is 116 g/mol. The van der Waals surface area contributed by atoms with Gasteiger partial charge in [0.1, 0.15) is 0 Å². The van der Waals surface area contributed by atoms with E-state index in [0.717, 1.165) is 13.0 Å². The van der Waals surface area contributed by atoms with Gasteiger partial charge in [-0.25, -0.2) is 0 Å². The van der Waals surface area contributed by atoms with E-state index in [2.05, 4.69) is 5.32 Å². The molecule has 3 heteroatoms. The van der Waals surface area contributed by atoms with Gasteiger partial charge in [0.25, 0.3) is 0 Å². The third kappa shape index (κ3) is 7.88. The highest BCUT2D eigenvalue weighted by Crippen LogP contribution is 1.85. The molecule has 0 heterocycles. The highest BCUT2D eigenvalue weighted by atomic mass is 16.3. The minimum Gasteiger partial charge on any atom is -0.393 e. The van der Waals surface area contributed by atoms with Crippen LogP contribution in [0.5, 0.6) is 0 Å². The van der Waals surface area contributed by atoms with Gasteiger partial charge in [-0.1, -0.05) is 0 Å². The molecule has 0 aliphatic carbocycles. The van der Waals surface area contributed by atoms with Crippen LogP contribution in [0.25, 0.3) is 0 Å². The van der Waals surface area contributed by atoms with Crippen LogP contribution in [0.2, 0.25) is 0 Å². The number of nitrogens with two attached hydrogens (primary N) is 1. The largest absolute Gasteiger partial charge is 0.393 e. The van der Waals surface area contributed by atoms with Gasteiger partial charge in [-0.2, -0.15) is 0 Å². The van der Waals surface area contributed by atoms with Crippen LogP contribution in [0.3, 0.4) is 0 Å². The van der Waals surface area contributed by atoms with Crippen molar-refractivity contribution < 1.29 is 5.11 Å². The zero-order chi connectivity index (χ0) is 7.28.